The maximum Gasteiger partial charge on any atom is 0.242 e. The maximum absolute atomic E-state index is 6.07. The van der Waals surface area contributed by atoms with E-state index in [-0.39, 0.29) is 0 Å². The number of hydrogen-bond donors (Lipinski definition) is 2. The molecule has 0 fully saturated rings. The van der Waals surface area contributed by atoms with Crippen LogP contribution in [0.4, 0.5) is 22.9 Å². The van der Waals surface area contributed by atoms with Crippen molar-refractivity contribution < 1.29 is 4.74 Å². The quantitative estimate of drug-likeness (QED) is 0.850. The second-order valence-electron chi connectivity index (χ2n) is 4.83. The van der Waals surface area contributed by atoms with Crippen molar-refractivity contribution in [3.63, 3.8) is 0 Å². The molecule has 0 aliphatic heterocycles. The van der Waals surface area contributed by atoms with E-state index in [1.54, 1.807) is 0 Å². The van der Waals surface area contributed by atoms with Crippen LogP contribution in [0.5, 0.6) is 5.88 Å². The number of para-hydroxylation sites is 2. The lowest BCUT2D eigenvalue weighted by Crippen LogP contribution is -2.12. The normalized spacial score (nSPS) is 10.2. The number of nitrogen functional groups attached to an aromatic ring is 1. The number of hydrogen-bond acceptors (Lipinski definition) is 6. The second-order valence-corrected chi connectivity index (χ2v) is 4.83. The zero-order valence-corrected chi connectivity index (χ0v) is 12.6. The highest BCUT2D eigenvalue weighted by Gasteiger charge is 2.11. The van der Waals surface area contributed by atoms with Crippen LogP contribution in [0.15, 0.2) is 30.6 Å². The number of benzene rings is 1. The van der Waals surface area contributed by atoms with E-state index in [0.717, 1.165) is 17.8 Å². The molecule has 0 saturated heterocycles. The van der Waals surface area contributed by atoms with Gasteiger partial charge < -0.3 is 20.7 Å². The van der Waals surface area contributed by atoms with Gasteiger partial charge in [0.25, 0.3) is 0 Å². The molecule has 0 unspecified atom stereocenters. The Bertz CT molecular complexity index is 600. The monoisotopic (exact) mass is 287 g/mol. The Hall–Kier alpha value is -2.50. The molecule has 2 aromatic rings. The first-order valence-electron chi connectivity index (χ1n) is 6.90. The van der Waals surface area contributed by atoms with Crippen LogP contribution in [-0.2, 0) is 0 Å². The summed E-state index contributed by atoms with van der Waals surface area (Å²) >= 11 is 0. The van der Waals surface area contributed by atoms with Gasteiger partial charge in [-0.1, -0.05) is 19.1 Å². The van der Waals surface area contributed by atoms with Crippen molar-refractivity contribution in [2.75, 3.05) is 36.7 Å². The molecule has 6 nitrogen and oxygen atoms in total. The summed E-state index contributed by atoms with van der Waals surface area (Å²) in [7, 11) is 3.97. The Labute approximate surface area is 125 Å². The highest BCUT2D eigenvalue weighted by molar-refractivity contribution is 5.79. The van der Waals surface area contributed by atoms with E-state index < -0.39 is 0 Å². The molecule has 2 rings (SSSR count). The molecule has 0 spiro atoms. The van der Waals surface area contributed by atoms with Gasteiger partial charge in [0, 0.05) is 14.1 Å². The fourth-order valence-corrected chi connectivity index (χ4v) is 1.89. The molecule has 21 heavy (non-hydrogen) atoms. The van der Waals surface area contributed by atoms with Gasteiger partial charge in [-0.3, -0.25) is 0 Å². The average molecular weight is 287 g/mol. The summed E-state index contributed by atoms with van der Waals surface area (Å²) in [4.78, 5) is 10.3. The van der Waals surface area contributed by atoms with E-state index in [4.69, 9.17) is 10.5 Å². The van der Waals surface area contributed by atoms with Crippen molar-refractivity contribution in [1.29, 1.82) is 0 Å². The SMILES string of the molecule is CCCOc1ncnc(Nc2ccccc2N(C)C)c1N. The Morgan fingerprint density at radius 3 is 2.71 bits per heavy atom. The van der Waals surface area contributed by atoms with Crippen LogP contribution in [0.3, 0.4) is 0 Å². The highest BCUT2D eigenvalue weighted by Crippen LogP contribution is 2.31. The molecule has 6 heteroatoms. The van der Waals surface area contributed by atoms with Crippen molar-refractivity contribution in [2.24, 2.45) is 0 Å². The molecular weight excluding hydrogens is 266 g/mol. The lowest BCUT2D eigenvalue weighted by molar-refractivity contribution is 0.307. The third-order valence-corrected chi connectivity index (χ3v) is 2.93. The van der Waals surface area contributed by atoms with Crippen LogP contribution in [-0.4, -0.2) is 30.7 Å². The summed E-state index contributed by atoms with van der Waals surface area (Å²) in [6.45, 7) is 2.61. The van der Waals surface area contributed by atoms with Crippen LogP contribution in [0.25, 0.3) is 0 Å². The maximum atomic E-state index is 6.07. The molecule has 1 heterocycles. The third kappa shape index (κ3) is 3.53. The summed E-state index contributed by atoms with van der Waals surface area (Å²) in [6, 6.07) is 7.94. The largest absolute Gasteiger partial charge is 0.476 e. The van der Waals surface area contributed by atoms with Gasteiger partial charge in [0.05, 0.1) is 18.0 Å². The molecule has 0 bridgehead atoms. The summed E-state index contributed by atoms with van der Waals surface area (Å²) in [5.74, 6) is 0.960. The van der Waals surface area contributed by atoms with E-state index >= 15 is 0 Å². The van der Waals surface area contributed by atoms with Crippen molar-refractivity contribution in [1.82, 2.24) is 9.97 Å². The molecule has 0 saturated carbocycles. The summed E-state index contributed by atoms with van der Waals surface area (Å²) in [6.07, 6.45) is 2.34. The summed E-state index contributed by atoms with van der Waals surface area (Å²) in [5, 5.41) is 3.24. The lowest BCUT2D eigenvalue weighted by Gasteiger charge is -2.19. The Morgan fingerprint density at radius 1 is 1.24 bits per heavy atom. The third-order valence-electron chi connectivity index (χ3n) is 2.93. The van der Waals surface area contributed by atoms with Gasteiger partial charge in [0.2, 0.25) is 5.88 Å². The molecule has 1 aromatic heterocycles. The standard InChI is InChI=1S/C15H21N5O/c1-4-9-21-15-13(16)14(17-10-18-15)19-11-7-5-6-8-12(11)20(2)3/h5-8,10H,4,9,16H2,1-3H3,(H,17,18,19). The van der Waals surface area contributed by atoms with Gasteiger partial charge in [-0.05, 0) is 18.6 Å². The number of nitrogens with zero attached hydrogens (tertiary/aromatic N) is 3. The first-order valence-corrected chi connectivity index (χ1v) is 6.90. The van der Waals surface area contributed by atoms with Gasteiger partial charge in [0.1, 0.15) is 12.0 Å². The zero-order chi connectivity index (χ0) is 15.2. The number of aromatic nitrogens is 2. The smallest absolute Gasteiger partial charge is 0.242 e. The minimum Gasteiger partial charge on any atom is -0.476 e. The molecule has 112 valence electrons. The number of rotatable bonds is 6. The molecular formula is C15H21N5O. The molecule has 0 atom stereocenters. The van der Waals surface area contributed by atoms with E-state index in [1.807, 2.05) is 50.2 Å². The van der Waals surface area contributed by atoms with Gasteiger partial charge in [-0.2, -0.15) is 4.98 Å². The number of anilines is 4. The Morgan fingerprint density at radius 2 is 2.00 bits per heavy atom. The van der Waals surface area contributed by atoms with Crippen LogP contribution in [0, 0.1) is 0 Å². The molecule has 1 aromatic carbocycles. The van der Waals surface area contributed by atoms with E-state index in [9.17, 15) is 0 Å². The fraction of sp³-hybridized carbons (Fsp3) is 0.333. The van der Waals surface area contributed by atoms with E-state index in [0.29, 0.717) is 24.0 Å². The van der Waals surface area contributed by atoms with E-state index in [2.05, 4.69) is 15.3 Å². The van der Waals surface area contributed by atoms with Crippen molar-refractivity contribution in [3.8, 4) is 5.88 Å². The van der Waals surface area contributed by atoms with Gasteiger partial charge in [-0.25, -0.2) is 4.98 Å². The van der Waals surface area contributed by atoms with Crippen LogP contribution < -0.4 is 20.7 Å². The van der Waals surface area contributed by atoms with Crippen LogP contribution in [0.1, 0.15) is 13.3 Å². The molecule has 0 radical (unpaired) electrons. The number of ether oxygens (including phenoxy) is 1. The van der Waals surface area contributed by atoms with E-state index in [1.165, 1.54) is 6.33 Å². The molecule has 0 amide bonds. The van der Waals surface area contributed by atoms with Gasteiger partial charge >= 0.3 is 0 Å². The minimum atomic E-state index is 0.414. The fourth-order valence-electron chi connectivity index (χ4n) is 1.89. The highest BCUT2D eigenvalue weighted by atomic mass is 16.5. The lowest BCUT2D eigenvalue weighted by atomic mass is 10.2. The van der Waals surface area contributed by atoms with Crippen molar-refractivity contribution >= 4 is 22.9 Å². The van der Waals surface area contributed by atoms with Crippen LogP contribution in [0.2, 0.25) is 0 Å². The van der Waals surface area contributed by atoms with Crippen LogP contribution >= 0.6 is 0 Å². The number of nitrogens with one attached hydrogen (secondary N) is 1. The summed E-state index contributed by atoms with van der Waals surface area (Å²) < 4.78 is 5.52. The number of nitrogens with two attached hydrogens (primary N) is 1. The minimum absolute atomic E-state index is 0.414. The topological polar surface area (TPSA) is 76.3 Å². The van der Waals surface area contributed by atoms with Crippen molar-refractivity contribution in [2.45, 2.75) is 13.3 Å². The first-order chi connectivity index (χ1) is 10.1. The van der Waals surface area contributed by atoms with Gasteiger partial charge in [-0.15, -0.1) is 0 Å². The Balaban J connectivity index is 2.28. The first kappa shape index (κ1) is 14.9. The van der Waals surface area contributed by atoms with Crippen molar-refractivity contribution in [3.05, 3.63) is 30.6 Å². The second kappa shape index (κ2) is 6.78. The molecule has 0 aliphatic rings. The average Bonchev–Trinajstić information content (AvgIpc) is 2.48. The predicted molar refractivity (Wildman–Crippen MR) is 86.3 cm³/mol. The zero-order valence-electron chi connectivity index (χ0n) is 12.6. The molecule has 0 aliphatic carbocycles. The van der Waals surface area contributed by atoms with Gasteiger partial charge in [0.15, 0.2) is 5.82 Å². The Kier molecular flexibility index (Phi) is 4.81. The molecule has 3 N–H and O–H groups in total. The predicted octanol–water partition coefficient (Wildman–Crippen LogP) is 2.66. The summed E-state index contributed by atoms with van der Waals surface area (Å²) in [5.41, 5.74) is 8.46.